The average Bonchev–Trinajstić information content (AvgIpc) is 2.70. The van der Waals surface area contributed by atoms with E-state index >= 15 is 0 Å². The van der Waals surface area contributed by atoms with E-state index in [0.29, 0.717) is 0 Å². The number of aliphatic hydroxyl groups is 2. The molecule has 0 spiro atoms. The summed E-state index contributed by atoms with van der Waals surface area (Å²) >= 11 is 0. The van der Waals surface area contributed by atoms with Gasteiger partial charge < -0.3 is 25.4 Å². The zero-order valence-electron chi connectivity index (χ0n) is 14.5. The van der Waals surface area contributed by atoms with E-state index in [1.807, 2.05) is 6.07 Å². The molecule has 28 heavy (non-hydrogen) atoms. The molecule has 148 valence electrons. The van der Waals surface area contributed by atoms with Crippen LogP contribution in [0.25, 0.3) is 0 Å². The van der Waals surface area contributed by atoms with Gasteiger partial charge in [0.1, 0.15) is 18.8 Å². The van der Waals surface area contributed by atoms with E-state index < -0.39 is 47.0 Å². The summed E-state index contributed by atoms with van der Waals surface area (Å²) in [6.45, 7) is -0.415. The molecule has 0 aliphatic heterocycles. The second-order valence-electron chi connectivity index (χ2n) is 5.79. The van der Waals surface area contributed by atoms with Crippen molar-refractivity contribution in [2.75, 3.05) is 6.54 Å². The van der Waals surface area contributed by atoms with Crippen LogP contribution < -0.4 is 5.32 Å². The van der Waals surface area contributed by atoms with Crippen LogP contribution in [-0.2, 0) is 11.3 Å². The van der Waals surface area contributed by atoms with Crippen LogP contribution in [0, 0.1) is 10.1 Å². The third kappa shape index (κ3) is 5.50. The fourth-order valence-corrected chi connectivity index (χ4v) is 2.38. The maximum absolute atomic E-state index is 11.7. The van der Waals surface area contributed by atoms with Gasteiger partial charge in [0.15, 0.2) is 0 Å². The van der Waals surface area contributed by atoms with Gasteiger partial charge in [0.05, 0.1) is 10.5 Å². The molecule has 0 aromatic heterocycles. The predicted octanol–water partition coefficient (Wildman–Crippen LogP) is 1.61. The Morgan fingerprint density at radius 3 is 2.43 bits per heavy atom. The summed E-state index contributed by atoms with van der Waals surface area (Å²) in [5.41, 5.74) is -0.446. The molecule has 2 atom stereocenters. The lowest BCUT2D eigenvalue weighted by molar-refractivity contribution is -0.384. The number of carboxylic acids is 1. The Hall–Kier alpha value is -3.50. The van der Waals surface area contributed by atoms with E-state index in [1.54, 1.807) is 24.3 Å². The number of alkyl carbamates (subject to hydrolysis) is 1. The Kier molecular flexibility index (Phi) is 7.02. The van der Waals surface area contributed by atoms with Crippen molar-refractivity contribution in [2.24, 2.45) is 0 Å². The zero-order valence-corrected chi connectivity index (χ0v) is 14.5. The molecular weight excluding hydrogens is 372 g/mol. The second-order valence-corrected chi connectivity index (χ2v) is 5.79. The standard InChI is InChI=1S/C18H18N2O8/c21-15(9-19-18(25)28-10-11-4-2-1-3-5-11)16(22)13-7-6-12(20(26)27)8-14(13)17(23)24/h1-8,15-16,21-22H,9-10H2,(H,19,25)(H,23,24). The van der Waals surface area contributed by atoms with E-state index in [0.717, 1.165) is 23.8 Å². The molecule has 2 rings (SSSR count). The van der Waals surface area contributed by atoms with Crippen molar-refractivity contribution in [3.05, 3.63) is 75.3 Å². The van der Waals surface area contributed by atoms with Crippen molar-refractivity contribution in [3.63, 3.8) is 0 Å². The van der Waals surface area contributed by atoms with Crippen LogP contribution in [-0.4, -0.2) is 45.0 Å². The number of amides is 1. The number of aromatic carboxylic acids is 1. The SMILES string of the molecule is O=C(NCC(O)C(O)c1ccc([N+](=O)[O-])cc1C(=O)O)OCc1ccccc1. The molecule has 0 bridgehead atoms. The van der Waals surface area contributed by atoms with Gasteiger partial charge >= 0.3 is 12.1 Å². The van der Waals surface area contributed by atoms with E-state index in [2.05, 4.69) is 5.32 Å². The number of nitrogens with zero attached hydrogens (tertiary/aromatic N) is 1. The first-order chi connectivity index (χ1) is 13.3. The number of carbonyl (C=O) groups is 2. The van der Waals surface area contributed by atoms with Crippen LogP contribution in [0.1, 0.15) is 27.6 Å². The highest BCUT2D eigenvalue weighted by molar-refractivity contribution is 5.90. The van der Waals surface area contributed by atoms with Gasteiger partial charge in [-0.1, -0.05) is 30.3 Å². The van der Waals surface area contributed by atoms with E-state index in [1.165, 1.54) is 0 Å². The molecular formula is C18H18N2O8. The van der Waals surface area contributed by atoms with Crippen molar-refractivity contribution in [1.82, 2.24) is 5.32 Å². The van der Waals surface area contributed by atoms with Gasteiger partial charge in [0.2, 0.25) is 0 Å². The Morgan fingerprint density at radius 2 is 1.82 bits per heavy atom. The monoisotopic (exact) mass is 390 g/mol. The minimum atomic E-state index is -1.69. The molecule has 0 saturated carbocycles. The maximum atomic E-state index is 11.7. The van der Waals surface area contributed by atoms with Gasteiger partial charge in [-0.2, -0.15) is 0 Å². The van der Waals surface area contributed by atoms with Gasteiger partial charge in [-0.3, -0.25) is 10.1 Å². The molecule has 0 saturated heterocycles. The van der Waals surface area contributed by atoms with Crippen molar-refractivity contribution in [2.45, 2.75) is 18.8 Å². The van der Waals surface area contributed by atoms with Crippen LogP contribution in [0.15, 0.2) is 48.5 Å². The summed E-state index contributed by atoms with van der Waals surface area (Å²) in [5.74, 6) is -1.50. The second kappa shape index (κ2) is 9.44. The lowest BCUT2D eigenvalue weighted by Crippen LogP contribution is -2.36. The quantitative estimate of drug-likeness (QED) is 0.391. The number of benzene rings is 2. The van der Waals surface area contributed by atoms with Crippen LogP contribution in [0.3, 0.4) is 0 Å². The van der Waals surface area contributed by atoms with Crippen molar-refractivity contribution < 1.29 is 34.6 Å². The lowest BCUT2D eigenvalue weighted by Gasteiger charge is -2.20. The molecule has 1 amide bonds. The molecule has 2 aromatic carbocycles. The molecule has 0 heterocycles. The Balaban J connectivity index is 1.96. The van der Waals surface area contributed by atoms with Gasteiger partial charge in [0.25, 0.3) is 5.69 Å². The molecule has 4 N–H and O–H groups in total. The van der Waals surface area contributed by atoms with Crippen LogP contribution in [0.5, 0.6) is 0 Å². The van der Waals surface area contributed by atoms with Crippen LogP contribution in [0.4, 0.5) is 10.5 Å². The summed E-state index contributed by atoms with van der Waals surface area (Å²) in [6, 6.07) is 11.7. The first kappa shape index (κ1) is 20.8. The van der Waals surface area contributed by atoms with E-state index in [9.17, 15) is 35.0 Å². The average molecular weight is 390 g/mol. The maximum Gasteiger partial charge on any atom is 0.407 e. The number of ether oxygens (including phenoxy) is 1. The number of hydrogen-bond acceptors (Lipinski definition) is 7. The summed E-state index contributed by atoms with van der Waals surface area (Å²) in [6.07, 6.45) is -4.09. The normalized spacial score (nSPS) is 12.6. The number of rotatable bonds is 8. The number of hydrogen-bond donors (Lipinski definition) is 4. The van der Waals surface area contributed by atoms with Crippen LogP contribution in [0.2, 0.25) is 0 Å². The topological polar surface area (TPSA) is 159 Å². The third-order valence-corrected chi connectivity index (χ3v) is 3.83. The molecule has 0 radical (unpaired) electrons. The van der Waals surface area contributed by atoms with E-state index in [-0.39, 0.29) is 12.2 Å². The van der Waals surface area contributed by atoms with Crippen LogP contribution >= 0.6 is 0 Å². The van der Waals surface area contributed by atoms with Crippen molar-refractivity contribution in [3.8, 4) is 0 Å². The highest BCUT2D eigenvalue weighted by Gasteiger charge is 2.26. The van der Waals surface area contributed by atoms with Crippen molar-refractivity contribution >= 4 is 17.7 Å². The minimum Gasteiger partial charge on any atom is -0.478 e. The number of carbonyl (C=O) groups excluding carboxylic acids is 1. The molecule has 0 aliphatic carbocycles. The zero-order chi connectivity index (χ0) is 20.7. The Bertz CT molecular complexity index is 856. The summed E-state index contributed by atoms with van der Waals surface area (Å²) in [5, 5.41) is 42.5. The van der Waals surface area contributed by atoms with Gasteiger partial charge in [-0.25, -0.2) is 9.59 Å². The molecule has 2 aromatic rings. The predicted molar refractivity (Wildman–Crippen MR) is 95.7 cm³/mol. The highest BCUT2D eigenvalue weighted by Crippen LogP contribution is 2.25. The molecule has 0 aliphatic rings. The minimum absolute atomic E-state index is 0.0108. The summed E-state index contributed by atoms with van der Waals surface area (Å²) in [7, 11) is 0. The number of nitrogens with one attached hydrogen (secondary N) is 1. The van der Waals surface area contributed by atoms with Gasteiger partial charge in [-0.05, 0) is 17.2 Å². The fourth-order valence-electron chi connectivity index (χ4n) is 2.38. The molecule has 10 nitrogen and oxygen atoms in total. The molecule has 0 fully saturated rings. The molecule has 2 unspecified atom stereocenters. The Morgan fingerprint density at radius 1 is 1.14 bits per heavy atom. The lowest BCUT2D eigenvalue weighted by atomic mass is 9.98. The number of nitro benzene ring substituents is 1. The van der Waals surface area contributed by atoms with Gasteiger partial charge in [-0.15, -0.1) is 0 Å². The summed E-state index contributed by atoms with van der Waals surface area (Å²) in [4.78, 5) is 33.0. The number of carboxylic acid groups (broad SMARTS) is 1. The highest BCUT2D eigenvalue weighted by atomic mass is 16.6. The number of nitro groups is 1. The van der Waals surface area contributed by atoms with E-state index in [4.69, 9.17) is 4.74 Å². The van der Waals surface area contributed by atoms with Crippen molar-refractivity contribution in [1.29, 1.82) is 0 Å². The smallest absolute Gasteiger partial charge is 0.407 e. The third-order valence-electron chi connectivity index (χ3n) is 3.83. The van der Waals surface area contributed by atoms with Gasteiger partial charge in [0, 0.05) is 18.7 Å². The largest absolute Gasteiger partial charge is 0.478 e. The first-order valence-electron chi connectivity index (χ1n) is 8.12. The first-order valence-corrected chi connectivity index (χ1v) is 8.12. The molecule has 10 heteroatoms. The Labute approximate surface area is 159 Å². The summed E-state index contributed by atoms with van der Waals surface area (Å²) < 4.78 is 4.96. The number of non-ortho nitro benzene ring substituents is 1. The fraction of sp³-hybridized carbons (Fsp3) is 0.222. The number of aliphatic hydroxyl groups excluding tert-OH is 2.